The minimum Gasteiger partial charge on any atom is -0.455 e. The summed E-state index contributed by atoms with van der Waals surface area (Å²) in [6.07, 6.45) is 0. The average Bonchev–Trinajstić information content (AvgIpc) is 4.02. The number of halogens is 1. The zero-order valence-electron chi connectivity index (χ0n) is 34.2. The topological polar surface area (TPSA) is 61.7 Å². The van der Waals surface area contributed by atoms with Gasteiger partial charge >= 0.3 is 0 Å². The van der Waals surface area contributed by atoms with Crippen molar-refractivity contribution in [2.24, 2.45) is 0 Å². The molecule has 6 nitrogen and oxygen atoms in total. The van der Waals surface area contributed by atoms with E-state index in [-0.39, 0.29) is 5.82 Å². The fourth-order valence-electron chi connectivity index (χ4n) is 9.64. The third-order valence-corrected chi connectivity index (χ3v) is 12.4. The van der Waals surface area contributed by atoms with E-state index in [1.165, 1.54) is 6.07 Å². The molecule has 4 heterocycles. The lowest BCUT2D eigenvalue weighted by molar-refractivity contribution is 0.628. The molecule has 4 aromatic heterocycles. The number of hydrogen-bond acceptors (Lipinski definition) is 4. The Hall–Kier alpha value is -8.68. The molecule has 0 aliphatic carbocycles. The minimum absolute atomic E-state index is 0.312. The van der Waals surface area contributed by atoms with Gasteiger partial charge in [-0.05, 0) is 59.2 Å². The molecule has 0 aliphatic heterocycles. The molecule has 0 bridgehead atoms. The zero-order valence-corrected chi connectivity index (χ0v) is 34.2. The van der Waals surface area contributed by atoms with Crippen molar-refractivity contribution in [1.82, 2.24) is 24.1 Å². The number of nitrogens with zero attached hydrogens (tertiary/aromatic N) is 5. The highest BCUT2D eigenvalue weighted by atomic mass is 19.1. The van der Waals surface area contributed by atoms with Gasteiger partial charge in [0, 0.05) is 54.7 Å². The predicted octanol–water partition coefficient (Wildman–Crippen LogP) is 14.8. The largest absolute Gasteiger partial charge is 0.455 e. The number of para-hydroxylation sites is 3. The van der Waals surface area contributed by atoms with E-state index in [9.17, 15) is 0 Å². The molecular formula is C57H34FN5O. The second kappa shape index (κ2) is 14.2. The first-order chi connectivity index (χ1) is 31.7. The van der Waals surface area contributed by atoms with E-state index in [1.807, 2.05) is 66.7 Å². The van der Waals surface area contributed by atoms with Crippen LogP contribution in [0, 0.1) is 5.82 Å². The summed E-state index contributed by atoms with van der Waals surface area (Å²) in [5.74, 6) is 1.32. The second-order valence-electron chi connectivity index (χ2n) is 16.1. The molecule has 7 heteroatoms. The standard InChI is InChI=1S/C57H34FN5O/c58-38-21-15-20-37(32-38)47-33-39(34-48-43-25-11-14-29-51(43)64-54(47)48)62-49-27-12-9-23-41(49)44-30-31-45-42-24-10-13-28-50(42)63(53(45)52(44)62)57-60-55(36-18-5-2-6-19-36)59-56(61-57)46-26-8-7-22-40(46)35-16-3-1-4-17-35/h1-34H. The van der Waals surface area contributed by atoms with Crippen LogP contribution >= 0.6 is 0 Å². The van der Waals surface area contributed by atoms with E-state index in [2.05, 4.69) is 130 Å². The van der Waals surface area contributed by atoms with E-state index in [1.54, 1.807) is 12.1 Å². The van der Waals surface area contributed by atoms with Gasteiger partial charge in [0.15, 0.2) is 11.6 Å². The molecule has 300 valence electrons. The van der Waals surface area contributed by atoms with Gasteiger partial charge in [-0.3, -0.25) is 4.57 Å². The number of hydrogen-bond donors (Lipinski definition) is 0. The van der Waals surface area contributed by atoms with Crippen LogP contribution in [0.4, 0.5) is 4.39 Å². The molecule has 64 heavy (non-hydrogen) atoms. The van der Waals surface area contributed by atoms with Gasteiger partial charge in [0.2, 0.25) is 5.95 Å². The molecule has 0 aliphatic rings. The van der Waals surface area contributed by atoms with E-state index < -0.39 is 0 Å². The third kappa shape index (κ3) is 5.54. The average molecular weight is 824 g/mol. The molecule has 13 aromatic rings. The van der Waals surface area contributed by atoms with Crippen LogP contribution in [0.3, 0.4) is 0 Å². The smallest absolute Gasteiger partial charge is 0.238 e. The van der Waals surface area contributed by atoms with Gasteiger partial charge in [0.1, 0.15) is 17.0 Å². The molecule has 0 spiro atoms. The lowest BCUT2D eigenvalue weighted by Crippen LogP contribution is -2.07. The molecule has 13 rings (SSSR count). The van der Waals surface area contributed by atoms with Crippen molar-refractivity contribution in [1.29, 1.82) is 0 Å². The van der Waals surface area contributed by atoms with E-state index in [0.29, 0.717) is 23.2 Å². The van der Waals surface area contributed by atoms with Crippen molar-refractivity contribution in [2.75, 3.05) is 0 Å². The van der Waals surface area contributed by atoms with Crippen molar-refractivity contribution < 1.29 is 8.81 Å². The molecule has 0 saturated carbocycles. The number of furan rings is 1. The van der Waals surface area contributed by atoms with Crippen LogP contribution in [0.2, 0.25) is 0 Å². The van der Waals surface area contributed by atoms with Crippen LogP contribution in [-0.4, -0.2) is 24.1 Å². The number of benzene rings is 9. The summed E-state index contributed by atoms with van der Waals surface area (Å²) >= 11 is 0. The van der Waals surface area contributed by atoms with Crippen molar-refractivity contribution >= 4 is 65.6 Å². The Labute approximate surface area is 365 Å². The highest BCUT2D eigenvalue weighted by molar-refractivity contribution is 6.24. The van der Waals surface area contributed by atoms with Gasteiger partial charge in [-0.1, -0.05) is 164 Å². The summed E-state index contributed by atoms with van der Waals surface area (Å²) in [7, 11) is 0. The third-order valence-electron chi connectivity index (χ3n) is 12.4. The maximum absolute atomic E-state index is 15.1. The Morgan fingerprint density at radius 2 is 0.953 bits per heavy atom. The molecule has 0 N–H and O–H groups in total. The highest BCUT2D eigenvalue weighted by Gasteiger charge is 2.25. The van der Waals surface area contributed by atoms with Gasteiger partial charge in [-0.25, -0.2) is 9.37 Å². The van der Waals surface area contributed by atoms with Crippen LogP contribution in [0.15, 0.2) is 211 Å². The quantitative estimate of drug-likeness (QED) is 0.168. The fraction of sp³-hybridized carbons (Fsp3) is 0. The number of fused-ring (bicyclic) bond motifs is 10. The van der Waals surface area contributed by atoms with Crippen molar-refractivity contribution in [3.05, 3.63) is 212 Å². The van der Waals surface area contributed by atoms with Crippen LogP contribution in [0.1, 0.15) is 0 Å². The molecule has 0 atom stereocenters. The van der Waals surface area contributed by atoms with Crippen LogP contribution in [-0.2, 0) is 0 Å². The molecule has 9 aromatic carbocycles. The van der Waals surface area contributed by atoms with Crippen LogP contribution in [0.5, 0.6) is 0 Å². The van der Waals surface area contributed by atoms with Crippen molar-refractivity contribution in [3.63, 3.8) is 0 Å². The van der Waals surface area contributed by atoms with Crippen molar-refractivity contribution in [2.45, 2.75) is 0 Å². The SMILES string of the molecule is Fc1cccc(-c2cc(-n3c4ccccc4c4ccc5c6ccccc6n(-c6nc(-c7ccccc7)nc(-c7ccccc7-c7ccccc7)n6)c5c43)cc3c2oc2ccccc23)c1. The first kappa shape index (κ1) is 36.0. The summed E-state index contributed by atoms with van der Waals surface area (Å²) in [5, 5.41) is 6.22. The monoisotopic (exact) mass is 823 g/mol. The van der Waals surface area contributed by atoms with Crippen molar-refractivity contribution in [3.8, 4) is 56.7 Å². The first-order valence-corrected chi connectivity index (χ1v) is 21.3. The fourth-order valence-corrected chi connectivity index (χ4v) is 9.64. The maximum atomic E-state index is 15.1. The summed E-state index contributed by atoms with van der Waals surface area (Å²) < 4.78 is 26.2. The lowest BCUT2D eigenvalue weighted by Gasteiger charge is -2.15. The van der Waals surface area contributed by atoms with Crippen LogP contribution < -0.4 is 0 Å². The van der Waals surface area contributed by atoms with Gasteiger partial charge in [0.05, 0.1) is 22.1 Å². The Kier molecular flexibility index (Phi) is 7.99. The molecule has 0 saturated heterocycles. The van der Waals surface area contributed by atoms with E-state index in [4.69, 9.17) is 19.4 Å². The molecule has 0 fully saturated rings. The van der Waals surface area contributed by atoms with Gasteiger partial charge < -0.3 is 8.98 Å². The predicted molar refractivity (Wildman–Crippen MR) is 257 cm³/mol. The van der Waals surface area contributed by atoms with E-state index >= 15 is 4.39 Å². The van der Waals surface area contributed by atoms with E-state index in [0.717, 1.165) is 99.0 Å². The molecule has 0 amide bonds. The Balaban J connectivity index is 1.18. The Morgan fingerprint density at radius 1 is 0.375 bits per heavy atom. The Bertz CT molecular complexity index is 3980. The molecule has 0 unspecified atom stereocenters. The molecule has 0 radical (unpaired) electrons. The van der Waals surface area contributed by atoms with Gasteiger partial charge in [-0.15, -0.1) is 0 Å². The number of rotatable bonds is 6. The normalized spacial score (nSPS) is 11.8. The first-order valence-electron chi connectivity index (χ1n) is 21.3. The van der Waals surface area contributed by atoms with Gasteiger partial charge in [-0.2, -0.15) is 9.97 Å². The summed E-state index contributed by atoms with van der Waals surface area (Å²) in [6, 6.07) is 69.4. The zero-order chi connectivity index (χ0) is 42.3. The maximum Gasteiger partial charge on any atom is 0.238 e. The van der Waals surface area contributed by atoms with Crippen LogP contribution in [0.25, 0.3) is 122 Å². The highest BCUT2D eigenvalue weighted by Crippen LogP contribution is 2.44. The van der Waals surface area contributed by atoms with Gasteiger partial charge in [0.25, 0.3) is 0 Å². The lowest BCUT2D eigenvalue weighted by atomic mass is 9.99. The summed E-state index contributed by atoms with van der Waals surface area (Å²) in [4.78, 5) is 16.0. The minimum atomic E-state index is -0.312. The summed E-state index contributed by atoms with van der Waals surface area (Å²) in [5.41, 5.74) is 11.7. The Morgan fingerprint density at radius 3 is 1.69 bits per heavy atom. The second-order valence-corrected chi connectivity index (χ2v) is 16.1. The summed E-state index contributed by atoms with van der Waals surface area (Å²) in [6.45, 7) is 0. The molecular weight excluding hydrogens is 790 g/mol. The number of aromatic nitrogens is 5.